The Kier molecular flexibility index (Phi) is 4.26. The Hall–Kier alpha value is -2.63. The molecule has 0 fully saturated rings. The summed E-state index contributed by atoms with van der Waals surface area (Å²) in [7, 11) is 0. The highest BCUT2D eigenvalue weighted by atomic mass is 35.5. The van der Waals surface area contributed by atoms with Crippen LogP contribution in [0, 0.1) is 0 Å². The molecule has 0 saturated carbocycles. The average Bonchev–Trinajstić information content (AvgIpc) is 3.29. The van der Waals surface area contributed by atoms with Crippen molar-refractivity contribution in [1.82, 2.24) is 4.98 Å². The molecule has 25 heavy (non-hydrogen) atoms. The van der Waals surface area contributed by atoms with E-state index in [1.807, 2.05) is 42.5 Å². The normalized spacial score (nSPS) is 10.9. The van der Waals surface area contributed by atoms with Crippen molar-refractivity contribution in [2.45, 2.75) is 6.54 Å². The fourth-order valence-corrected chi connectivity index (χ4v) is 3.77. The number of fused-ring (bicyclic) bond motifs is 1. The van der Waals surface area contributed by atoms with Gasteiger partial charge in [0.15, 0.2) is 10.9 Å². The molecule has 0 aliphatic heterocycles. The minimum atomic E-state index is -0.223. The number of halogens is 1. The summed E-state index contributed by atoms with van der Waals surface area (Å²) in [6.45, 7) is 0.411. The first-order valence-corrected chi connectivity index (χ1v) is 8.85. The van der Waals surface area contributed by atoms with Crippen molar-refractivity contribution in [3.8, 4) is 0 Å². The van der Waals surface area contributed by atoms with E-state index >= 15 is 0 Å². The second-order valence-electron chi connectivity index (χ2n) is 5.46. The summed E-state index contributed by atoms with van der Waals surface area (Å²) in [4.78, 5) is 19.2. The molecule has 0 unspecified atom stereocenters. The number of rotatable bonds is 4. The lowest BCUT2D eigenvalue weighted by molar-refractivity contribution is 0.0958. The quantitative estimate of drug-likeness (QED) is 0.485. The number of anilines is 1. The van der Waals surface area contributed by atoms with Crippen LogP contribution >= 0.6 is 22.9 Å². The summed E-state index contributed by atoms with van der Waals surface area (Å²) in [5.41, 5.74) is 1.83. The topological polar surface area (TPSA) is 46.3 Å². The van der Waals surface area contributed by atoms with Gasteiger partial charge in [-0.1, -0.05) is 53.3 Å². The maximum absolute atomic E-state index is 12.9. The van der Waals surface area contributed by atoms with E-state index in [-0.39, 0.29) is 11.7 Å². The standard InChI is InChI=1S/C19H13ClN2O2S/c20-14-8-9-15-17(11-14)25-19(21-15)22(12-13-5-2-1-3-6-13)18(23)16-7-4-10-24-16/h1-11H,12H2. The van der Waals surface area contributed by atoms with Gasteiger partial charge in [0, 0.05) is 5.02 Å². The Balaban J connectivity index is 1.76. The molecular weight excluding hydrogens is 356 g/mol. The molecule has 0 radical (unpaired) electrons. The second kappa shape index (κ2) is 6.70. The summed E-state index contributed by atoms with van der Waals surface area (Å²) in [5, 5.41) is 1.26. The number of carbonyl (C=O) groups excluding carboxylic acids is 1. The van der Waals surface area contributed by atoms with Crippen LogP contribution in [-0.2, 0) is 6.54 Å². The third-order valence-corrected chi connectivity index (χ3v) is 5.01. The number of amides is 1. The first-order valence-electron chi connectivity index (χ1n) is 7.66. The molecule has 0 N–H and O–H groups in total. The molecular formula is C19H13ClN2O2S. The van der Waals surface area contributed by atoms with E-state index in [1.165, 1.54) is 17.6 Å². The van der Waals surface area contributed by atoms with Crippen LogP contribution in [0.4, 0.5) is 5.13 Å². The molecule has 0 bridgehead atoms. The molecule has 1 amide bonds. The highest BCUT2D eigenvalue weighted by Gasteiger charge is 2.23. The van der Waals surface area contributed by atoms with Gasteiger partial charge in [-0.2, -0.15) is 0 Å². The molecule has 2 heterocycles. The van der Waals surface area contributed by atoms with E-state index in [4.69, 9.17) is 16.0 Å². The Bertz CT molecular complexity index is 1010. The van der Waals surface area contributed by atoms with Gasteiger partial charge in [0.25, 0.3) is 5.91 Å². The van der Waals surface area contributed by atoms with Crippen molar-refractivity contribution in [1.29, 1.82) is 0 Å². The van der Waals surface area contributed by atoms with Gasteiger partial charge in [-0.25, -0.2) is 4.98 Å². The van der Waals surface area contributed by atoms with Gasteiger partial charge in [0.2, 0.25) is 0 Å². The van der Waals surface area contributed by atoms with Crippen molar-refractivity contribution in [2.75, 3.05) is 4.90 Å². The van der Waals surface area contributed by atoms with Gasteiger partial charge in [-0.3, -0.25) is 9.69 Å². The van der Waals surface area contributed by atoms with E-state index in [9.17, 15) is 4.79 Å². The summed E-state index contributed by atoms with van der Waals surface area (Å²) in [6, 6.07) is 18.7. The number of benzene rings is 2. The largest absolute Gasteiger partial charge is 0.459 e. The summed E-state index contributed by atoms with van der Waals surface area (Å²) < 4.78 is 6.23. The molecule has 4 nitrogen and oxygen atoms in total. The van der Waals surface area contributed by atoms with Crippen LogP contribution < -0.4 is 4.90 Å². The number of aromatic nitrogens is 1. The van der Waals surface area contributed by atoms with Gasteiger partial charge in [-0.15, -0.1) is 0 Å². The zero-order valence-electron chi connectivity index (χ0n) is 13.1. The molecule has 0 aliphatic carbocycles. The lowest BCUT2D eigenvalue weighted by Gasteiger charge is -2.18. The number of hydrogen-bond acceptors (Lipinski definition) is 4. The molecule has 0 aliphatic rings. The van der Waals surface area contributed by atoms with Gasteiger partial charge in [0.1, 0.15) is 0 Å². The zero-order valence-corrected chi connectivity index (χ0v) is 14.6. The summed E-state index contributed by atoms with van der Waals surface area (Å²) in [6.07, 6.45) is 1.49. The van der Waals surface area contributed by atoms with Crippen LogP contribution in [0.15, 0.2) is 71.3 Å². The maximum Gasteiger partial charge on any atom is 0.296 e. The van der Waals surface area contributed by atoms with E-state index in [2.05, 4.69) is 4.98 Å². The Morgan fingerprint density at radius 1 is 1.12 bits per heavy atom. The lowest BCUT2D eigenvalue weighted by Crippen LogP contribution is -2.30. The predicted octanol–water partition coefficient (Wildman–Crippen LogP) is 5.39. The first kappa shape index (κ1) is 15.9. The molecule has 4 rings (SSSR count). The van der Waals surface area contributed by atoms with Crippen LogP contribution in [0.5, 0.6) is 0 Å². The van der Waals surface area contributed by atoms with Gasteiger partial charge < -0.3 is 4.42 Å². The molecule has 6 heteroatoms. The number of nitrogens with zero attached hydrogens (tertiary/aromatic N) is 2. The van der Waals surface area contributed by atoms with Crippen LogP contribution in [0.3, 0.4) is 0 Å². The third-order valence-electron chi connectivity index (χ3n) is 3.73. The van der Waals surface area contributed by atoms with E-state index in [1.54, 1.807) is 23.1 Å². The molecule has 4 aromatic rings. The number of hydrogen-bond donors (Lipinski definition) is 0. The van der Waals surface area contributed by atoms with Crippen LogP contribution in [-0.4, -0.2) is 10.9 Å². The molecule has 2 aromatic carbocycles. The fourth-order valence-electron chi connectivity index (χ4n) is 2.53. The zero-order chi connectivity index (χ0) is 17.2. The van der Waals surface area contributed by atoms with Crippen molar-refractivity contribution in [3.05, 3.63) is 83.3 Å². The van der Waals surface area contributed by atoms with Crippen molar-refractivity contribution in [2.24, 2.45) is 0 Å². The SMILES string of the molecule is O=C(c1ccco1)N(Cc1ccccc1)c1nc2ccc(Cl)cc2s1. The number of carbonyl (C=O) groups is 1. The molecule has 2 aromatic heterocycles. The third kappa shape index (κ3) is 3.29. The Morgan fingerprint density at radius 3 is 2.72 bits per heavy atom. The maximum atomic E-state index is 12.9. The second-order valence-corrected chi connectivity index (χ2v) is 6.91. The summed E-state index contributed by atoms with van der Waals surface area (Å²) >= 11 is 7.50. The molecule has 0 spiro atoms. The van der Waals surface area contributed by atoms with Crippen LogP contribution in [0.25, 0.3) is 10.2 Å². The van der Waals surface area contributed by atoms with Crippen LogP contribution in [0.1, 0.15) is 16.1 Å². The Labute approximate surface area is 153 Å². The average molecular weight is 369 g/mol. The van der Waals surface area contributed by atoms with Crippen molar-refractivity contribution < 1.29 is 9.21 Å². The monoisotopic (exact) mass is 368 g/mol. The van der Waals surface area contributed by atoms with Gasteiger partial charge in [0.05, 0.1) is 23.0 Å². The van der Waals surface area contributed by atoms with E-state index in [0.717, 1.165) is 15.8 Å². The van der Waals surface area contributed by atoms with E-state index < -0.39 is 0 Å². The van der Waals surface area contributed by atoms with Crippen molar-refractivity contribution in [3.63, 3.8) is 0 Å². The molecule has 0 atom stereocenters. The van der Waals surface area contributed by atoms with Gasteiger partial charge in [-0.05, 0) is 35.9 Å². The smallest absolute Gasteiger partial charge is 0.296 e. The minimum Gasteiger partial charge on any atom is -0.459 e. The lowest BCUT2D eigenvalue weighted by atomic mass is 10.2. The molecule has 124 valence electrons. The summed E-state index contributed by atoms with van der Waals surface area (Å²) in [5.74, 6) is 0.0622. The highest BCUT2D eigenvalue weighted by Crippen LogP contribution is 2.32. The van der Waals surface area contributed by atoms with E-state index in [0.29, 0.717) is 16.7 Å². The predicted molar refractivity (Wildman–Crippen MR) is 100 cm³/mol. The minimum absolute atomic E-state index is 0.223. The van der Waals surface area contributed by atoms with Gasteiger partial charge >= 0.3 is 0 Å². The highest BCUT2D eigenvalue weighted by molar-refractivity contribution is 7.22. The number of furan rings is 1. The Morgan fingerprint density at radius 2 is 1.96 bits per heavy atom. The number of thiazole rings is 1. The van der Waals surface area contributed by atoms with Crippen molar-refractivity contribution >= 4 is 44.2 Å². The molecule has 0 saturated heterocycles. The van der Waals surface area contributed by atoms with Crippen LogP contribution in [0.2, 0.25) is 5.02 Å². The fraction of sp³-hybridized carbons (Fsp3) is 0.0526. The first-order chi connectivity index (χ1) is 12.2.